The van der Waals surface area contributed by atoms with E-state index in [2.05, 4.69) is 5.32 Å². The number of rotatable bonds is 5. The second-order valence-corrected chi connectivity index (χ2v) is 6.58. The molecule has 0 spiro atoms. The molecule has 4 aromatic rings. The first-order valence-corrected chi connectivity index (χ1v) is 9.34. The first-order chi connectivity index (χ1) is 15.0. The second-order valence-electron chi connectivity index (χ2n) is 6.58. The predicted molar refractivity (Wildman–Crippen MR) is 115 cm³/mol. The largest absolute Gasteiger partial charge is 0.497 e. The number of ether oxygens (including phenoxy) is 2. The lowest BCUT2D eigenvalue weighted by Crippen LogP contribution is -2.18. The zero-order valence-electron chi connectivity index (χ0n) is 16.5. The number of anilines is 1. The molecular formula is C24H17NO6. The van der Waals surface area contributed by atoms with Gasteiger partial charge >= 0.3 is 11.6 Å². The standard InChI is InChI=1S/C24H17NO6/c1-29-18-12-8-17(9-13-18)25-22(26)15-6-10-19(11-7-15)30-23(27)20-14-16-4-2-3-5-21(16)31-24(20)28/h2-14H,1H3,(H,25,26). The lowest BCUT2D eigenvalue weighted by molar-refractivity contribution is 0.0730. The lowest BCUT2D eigenvalue weighted by atomic mass is 10.2. The van der Waals surface area contributed by atoms with Crippen molar-refractivity contribution >= 4 is 28.5 Å². The number of amides is 1. The molecule has 1 N–H and O–H groups in total. The molecule has 4 rings (SSSR count). The van der Waals surface area contributed by atoms with Gasteiger partial charge in [-0.2, -0.15) is 0 Å². The first-order valence-electron chi connectivity index (χ1n) is 9.34. The van der Waals surface area contributed by atoms with E-state index < -0.39 is 11.6 Å². The summed E-state index contributed by atoms with van der Waals surface area (Å²) in [5, 5.41) is 3.37. The first kappa shape index (κ1) is 19.9. The highest BCUT2D eigenvalue weighted by molar-refractivity contribution is 6.04. The van der Waals surface area contributed by atoms with Crippen LogP contribution in [0, 0.1) is 0 Å². The van der Waals surface area contributed by atoms with E-state index in [1.165, 1.54) is 30.3 Å². The van der Waals surface area contributed by atoms with Gasteiger partial charge in [0.25, 0.3) is 5.91 Å². The van der Waals surface area contributed by atoms with E-state index in [0.29, 0.717) is 28.0 Å². The maximum absolute atomic E-state index is 12.4. The van der Waals surface area contributed by atoms with Crippen LogP contribution >= 0.6 is 0 Å². The Morgan fingerprint density at radius 3 is 2.26 bits per heavy atom. The fourth-order valence-electron chi connectivity index (χ4n) is 2.92. The molecule has 3 aromatic carbocycles. The summed E-state index contributed by atoms with van der Waals surface area (Å²) < 4.78 is 15.5. The van der Waals surface area contributed by atoms with Gasteiger partial charge in [-0.1, -0.05) is 18.2 Å². The van der Waals surface area contributed by atoms with Crippen LogP contribution in [0.15, 0.2) is 88.1 Å². The van der Waals surface area contributed by atoms with E-state index in [9.17, 15) is 14.4 Å². The molecule has 0 atom stereocenters. The molecular weight excluding hydrogens is 398 g/mol. The maximum atomic E-state index is 12.4. The Morgan fingerprint density at radius 1 is 0.871 bits per heavy atom. The van der Waals surface area contributed by atoms with Gasteiger partial charge in [0.15, 0.2) is 0 Å². The summed E-state index contributed by atoms with van der Waals surface area (Å²) in [6.45, 7) is 0. The van der Waals surface area contributed by atoms with Crippen molar-refractivity contribution in [3.8, 4) is 11.5 Å². The molecule has 1 aromatic heterocycles. The van der Waals surface area contributed by atoms with Gasteiger partial charge < -0.3 is 19.2 Å². The summed E-state index contributed by atoms with van der Waals surface area (Å²) in [6, 6.07) is 21.2. The number of para-hydroxylation sites is 1. The summed E-state index contributed by atoms with van der Waals surface area (Å²) in [5.41, 5.74) is 0.389. The molecule has 0 fully saturated rings. The summed E-state index contributed by atoms with van der Waals surface area (Å²) >= 11 is 0. The van der Waals surface area contributed by atoms with Crippen molar-refractivity contribution in [3.63, 3.8) is 0 Å². The van der Waals surface area contributed by atoms with E-state index in [1.54, 1.807) is 55.6 Å². The van der Waals surface area contributed by atoms with Crippen LogP contribution in [0.2, 0.25) is 0 Å². The molecule has 0 unspecified atom stereocenters. The van der Waals surface area contributed by atoms with Crippen LogP contribution in [-0.2, 0) is 0 Å². The fraction of sp³-hybridized carbons (Fsp3) is 0.0417. The van der Waals surface area contributed by atoms with E-state index in [-0.39, 0.29) is 17.2 Å². The van der Waals surface area contributed by atoms with E-state index in [4.69, 9.17) is 13.9 Å². The van der Waals surface area contributed by atoms with Crippen LogP contribution in [0.1, 0.15) is 20.7 Å². The summed E-state index contributed by atoms with van der Waals surface area (Å²) in [7, 11) is 1.56. The van der Waals surface area contributed by atoms with Gasteiger partial charge in [0, 0.05) is 16.6 Å². The molecule has 7 nitrogen and oxygen atoms in total. The van der Waals surface area contributed by atoms with Gasteiger partial charge in [0.2, 0.25) is 0 Å². The van der Waals surface area contributed by atoms with Crippen molar-refractivity contribution in [2.75, 3.05) is 12.4 Å². The van der Waals surface area contributed by atoms with E-state index in [0.717, 1.165) is 0 Å². The summed E-state index contributed by atoms with van der Waals surface area (Å²) in [5.74, 6) is -0.281. The third kappa shape index (κ3) is 4.45. The molecule has 0 aliphatic carbocycles. The van der Waals surface area contributed by atoms with Crippen LogP contribution in [0.5, 0.6) is 11.5 Å². The number of methoxy groups -OCH3 is 1. The third-order valence-corrected chi connectivity index (χ3v) is 4.54. The average molecular weight is 415 g/mol. The number of hydrogen-bond acceptors (Lipinski definition) is 6. The minimum absolute atomic E-state index is 0.193. The molecule has 1 amide bonds. The average Bonchev–Trinajstić information content (AvgIpc) is 2.79. The Morgan fingerprint density at radius 2 is 1.55 bits per heavy atom. The van der Waals surface area contributed by atoms with Gasteiger partial charge in [0.05, 0.1) is 7.11 Å². The van der Waals surface area contributed by atoms with Crippen molar-refractivity contribution in [3.05, 3.63) is 100 Å². The Hall–Kier alpha value is -4.39. The zero-order valence-corrected chi connectivity index (χ0v) is 16.5. The second kappa shape index (κ2) is 8.54. The minimum atomic E-state index is -0.838. The third-order valence-electron chi connectivity index (χ3n) is 4.54. The van der Waals surface area contributed by atoms with E-state index in [1.807, 2.05) is 0 Å². The molecule has 0 radical (unpaired) electrons. The van der Waals surface area contributed by atoms with Gasteiger partial charge in [-0.3, -0.25) is 4.79 Å². The normalized spacial score (nSPS) is 10.5. The predicted octanol–water partition coefficient (Wildman–Crippen LogP) is 4.27. The summed E-state index contributed by atoms with van der Waals surface area (Å²) in [6.07, 6.45) is 0. The zero-order chi connectivity index (χ0) is 21.8. The van der Waals surface area contributed by atoms with Crippen LogP contribution in [0.25, 0.3) is 11.0 Å². The molecule has 0 aliphatic rings. The van der Waals surface area contributed by atoms with Crippen LogP contribution in [-0.4, -0.2) is 19.0 Å². The molecule has 7 heteroatoms. The van der Waals surface area contributed by atoms with Crippen molar-refractivity contribution in [2.45, 2.75) is 0 Å². The Bertz CT molecular complexity index is 1310. The molecule has 1 heterocycles. The smallest absolute Gasteiger partial charge is 0.351 e. The van der Waals surface area contributed by atoms with Crippen molar-refractivity contribution in [2.24, 2.45) is 0 Å². The molecule has 0 aliphatic heterocycles. The number of hydrogen-bond donors (Lipinski definition) is 1. The van der Waals surface area contributed by atoms with Crippen LogP contribution in [0.4, 0.5) is 5.69 Å². The topological polar surface area (TPSA) is 94.8 Å². The van der Waals surface area contributed by atoms with Crippen LogP contribution in [0.3, 0.4) is 0 Å². The van der Waals surface area contributed by atoms with Gasteiger partial charge in [-0.05, 0) is 60.7 Å². The van der Waals surface area contributed by atoms with Gasteiger partial charge in [-0.15, -0.1) is 0 Å². The highest BCUT2D eigenvalue weighted by Crippen LogP contribution is 2.19. The number of esters is 1. The maximum Gasteiger partial charge on any atom is 0.351 e. The quantitative estimate of drug-likeness (QED) is 0.297. The number of benzene rings is 3. The summed E-state index contributed by atoms with van der Waals surface area (Å²) in [4.78, 5) is 36.9. The highest BCUT2D eigenvalue weighted by Gasteiger charge is 2.16. The number of carbonyl (C=O) groups is 2. The molecule has 0 saturated heterocycles. The van der Waals surface area contributed by atoms with Gasteiger partial charge in [0.1, 0.15) is 22.6 Å². The molecule has 0 saturated carbocycles. The number of carbonyl (C=O) groups excluding carboxylic acids is 2. The fourth-order valence-corrected chi connectivity index (χ4v) is 2.92. The molecule has 154 valence electrons. The van der Waals surface area contributed by atoms with Gasteiger partial charge in [-0.25, -0.2) is 9.59 Å². The molecule has 0 bridgehead atoms. The van der Waals surface area contributed by atoms with E-state index >= 15 is 0 Å². The Kier molecular flexibility index (Phi) is 5.49. The van der Waals surface area contributed by atoms with Crippen LogP contribution < -0.4 is 20.4 Å². The monoisotopic (exact) mass is 415 g/mol. The van der Waals surface area contributed by atoms with Crippen molar-refractivity contribution < 1.29 is 23.5 Å². The highest BCUT2D eigenvalue weighted by atomic mass is 16.5. The molecule has 31 heavy (non-hydrogen) atoms. The lowest BCUT2D eigenvalue weighted by Gasteiger charge is -2.08. The SMILES string of the molecule is COc1ccc(NC(=O)c2ccc(OC(=O)c3cc4ccccc4oc3=O)cc2)cc1. The minimum Gasteiger partial charge on any atom is -0.497 e. The van der Waals surface area contributed by atoms with Crippen molar-refractivity contribution in [1.82, 2.24) is 0 Å². The Balaban J connectivity index is 1.45. The number of fused-ring (bicyclic) bond motifs is 1. The number of nitrogens with one attached hydrogen (secondary N) is 1. The van der Waals surface area contributed by atoms with Crippen molar-refractivity contribution in [1.29, 1.82) is 0 Å². The Labute approximate surface area is 176 Å².